The fraction of sp³-hybridized carbons (Fsp3) is 0.938. The van der Waals surface area contributed by atoms with Crippen LogP contribution in [-0.2, 0) is 4.79 Å². The molecule has 0 saturated heterocycles. The van der Waals surface area contributed by atoms with Crippen LogP contribution in [0.1, 0.15) is 78.6 Å². The third-order valence-corrected chi connectivity index (χ3v) is 3.95. The van der Waals surface area contributed by atoms with E-state index in [4.69, 9.17) is 5.11 Å². The van der Waals surface area contributed by atoms with Gasteiger partial charge in [0.15, 0.2) is 0 Å². The molecule has 2 N–H and O–H groups in total. The second-order valence-electron chi connectivity index (χ2n) is 5.69. The molecule has 0 aliphatic heterocycles. The van der Waals surface area contributed by atoms with Gasteiger partial charge in [-0.15, -0.1) is 0 Å². The van der Waals surface area contributed by atoms with Gasteiger partial charge >= 0.3 is 0 Å². The number of rotatable bonds is 12. The highest BCUT2D eigenvalue weighted by molar-refractivity contribution is 5.76. The molecule has 0 aromatic carbocycles. The molecule has 0 aromatic rings. The number of aliphatic hydroxyl groups excluding tert-OH is 1. The molecule has 0 radical (unpaired) electrons. The van der Waals surface area contributed by atoms with Gasteiger partial charge in [-0.1, -0.05) is 52.4 Å². The van der Waals surface area contributed by atoms with Crippen molar-refractivity contribution in [1.82, 2.24) is 5.32 Å². The summed E-state index contributed by atoms with van der Waals surface area (Å²) in [4.78, 5) is 11.7. The Hall–Kier alpha value is -0.570. The predicted molar refractivity (Wildman–Crippen MR) is 81.1 cm³/mol. The summed E-state index contributed by atoms with van der Waals surface area (Å²) in [6.07, 6.45) is 9.61. The van der Waals surface area contributed by atoms with Crippen LogP contribution in [0.2, 0.25) is 0 Å². The fourth-order valence-corrected chi connectivity index (χ4v) is 2.10. The summed E-state index contributed by atoms with van der Waals surface area (Å²) in [7, 11) is 0. The number of hydrogen-bond acceptors (Lipinski definition) is 2. The van der Waals surface area contributed by atoms with Crippen LogP contribution in [0, 0.1) is 5.92 Å². The third kappa shape index (κ3) is 11.0. The molecule has 2 unspecified atom stereocenters. The first-order valence-electron chi connectivity index (χ1n) is 8.02. The minimum atomic E-state index is 0.202. The van der Waals surface area contributed by atoms with E-state index in [1.807, 2.05) is 0 Å². The summed E-state index contributed by atoms with van der Waals surface area (Å²) in [6, 6.07) is 0.288. The first kappa shape index (κ1) is 18.4. The monoisotopic (exact) mass is 271 g/mol. The van der Waals surface area contributed by atoms with E-state index < -0.39 is 0 Å². The van der Waals surface area contributed by atoms with Gasteiger partial charge in [0.2, 0.25) is 5.91 Å². The van der Waals surface area contributed by atoms with Crippen molar-refractivity contribution in [3.63, 3.8) is 0 Å². The summed E-state index contributed by atoms with van der Waals surface area (Å²) in [5.74, 6) is 0.753. The van der Waals surface area contributed by atoms with Crippen molar-refractivity contribution >= 4 is 5.91 Å². The SMILES string of the molecule is CCC(C)C(C)NC(=O)CCCCCCCCCO. The van der Waals surface area contributed by atoms with Gasteiger partial charge in [-0.3, -0.25) is 4.79 Å². The molecular weight excluding hydrogens is 238 g/mol. The Balaban J connectivity index is 3.38. The minimum absolute atomic E-state index is 0.202. The summed E-state index contributed by atoms with van der Waals surface area (Å²) >= 11 is 0. The lowest BCUT2D eigenvalue weighted by atomic mass is 10.0. The summed E-state index contributed by atoms with van der Waals surface area (Å²) < 4.78 is 0. The van der Waals surface area contributed by atoms with Gasteiger partial charge < -0.3 is 10.4 Å². The molecule has 1 amide bonds. The van der Waals surface area contributed by atoms with Crippen LogP contribution >= 0.6 is 0 Å². The summed E-state index contributed by atoms with van der Waals surface area (Å²) in [5.41, 5.74) is 0. The molecule has 0 aliphatic rings. The van der Waals surface area contributed by atoms with E-state index in [-0.39, 0.29) is 11.9 Å². The van der Waals surface area contributed by atoms with Gasteiger partial charge in [0, 0.05) is 19.1 Å². The smallest absolute Gasteiger partial charge is 0.220 e. The lowest BCUT2D eigenvalue weighted by Gasteiger charge is -2.19. The average molecular weight is 271 g/mol. The highest BCUT2D eigenvalue weighted by Gasteiger charge is 2.12. The molecule has 3 heteroatoms. The molecule has 0 bridgehead atoms. The molecule has 2 atom stereocenters. The van der Waals surface area contributed by atoms with E-state index in [1.165, 1.54) is 19.3 Å². The average Bonchev–Trinajstić information content (AvgIpc) is 2.40. The zero-order chi connectivity index (χ0) is 14.5. The maximum atomic E-state index is 11.7. The van der Waals surface area contributed by atoms with Crippen LogP contribution in [0.5, 0.6) is 0 Å². The standard InChI is InChI=1S/C16H33NO2/c1-4-14(2)15(3)17-16(19)12-10-8-6-5-7-9-11-13-18/h14-15,18H,4-13H2,1-3H3,(H,17,19). The van der Waals surface area contributed by atoms with E-state index in [9.17, 15) is 4.79 Å². The lowest BCUT2D eigenvalue weighted by Crippen LogP contribution is -2.36. The molecule has 114 valence electrons. The van der Waals surface area contributed by atoms with E-state index in [0.29, 0.717) is 18.9 Å². The molecule has 0 saturated carbocycles. The topological polar surface area (TPSA) is 49.3 Å². The van der Waals surface area contributed by atoms with Crippen LogP contribution in [0.3, 0.4) is 0 Å². The second-order valence-corrected chi connectivity index (χ2v) is 5.69. The van der Waals surface area contributed by atoms with Crippen LogP contribution in [-0.4, -0.2) is 23.7 Å². The zero-order valence-corrected chi connectivity index (χ0v) is 13.1. The zero-order valence-electron chi connectivity index (χ0n) is 13.1. The number of nitrogens with one attached hydrogen (secondary N) is 1. The Bertz CT molecular complexity index is 219. The Morgan fingerprint density at radius 3 is 2.05 bits per heavy atom. The van der Waals surface area contributed by atoms with Gasteiger partial charge in [-0.05, 0) is 25.7 Å². The van der Waals surface area contributed by atoms with E-state index in [1.54, 1.807) is 0 Å². The Labute approximate surface area is 119 Å². The van der Waals surface area contributed by atoms with E-state index >= 15 is 0 Å². The third-order valence-electron chi connectivity index (χ3n) is 3.95. The Kier molecular flexibility index (Phi) is 12.1. The van der Waals surface area contributed by atoms with Crippen molar-refractivity contribution in [2.75, 3.05) is 6.61 Å². The van der Waals surface area contributed by atoms with Crippen molar-refractivity contribution in [3.8, 4) is 0 Å². The number of carbonyl (C=O) groups is 1. The van der Waals surface area contributed by atoms with Crippen LogP contribution < -0.4 is 5.32 Å². The Morgan fingerprint density at radius 1 is 1.00 bits per heavy atom. The first-order valence-corrected chi connectivity index (χ1v) is 8.02. The number of amides is 1. The normalized spacial score (nSPS) is 14.1. The van der Waals surface area contributed by atoms with Gasteiger partial charge in [0.05, 0.1) is 0 Å². The quantitative estimate of drug-likeness (QED) is 0.532. The maximum absolute atomic E-state index is 11.7. The van der Waals surface area contributed by atoms with Gasteiger partial charge in [0.25, 0.3) is 0 Å². The van der Waals surface area contributed by atoms with Gasteiger partial charge in [0.1, 0.15) is 0 Å². The Morgan fingerprint density at radius 2 is 1.53 bits per heavy atom. The molecular formula is C16H33NO2. The number of aliphatic hydroxyl groups is 1. The summed E-state index contributed by atoms with van der Waals surface area (Å²) in [6.45, 7) is 6.74. The molecule has 0 rings (SSSR count). The van der Waals surface area contributed by atoms with Crippen molar-refractivity contribution in [1.29, 1.82) is 0 Å². The first-order chi connectivity index (χ1) is 9.11. The number of unbranched alkanes of at least 4 members (excludes halogenated alkanes) is 6. The molecule has 0 spiro atoms. The molecule has 3 nitrogen and oxygen atoms in total. The number of hydrogen-bond donors (Lipinski definition) is 2. The van der Waals surface area contributed by atoms with Crippen molar-refractivity contribution in [2.45, 2.75) is 84.6 Å². The highest BCUT2D eigenvalue weighted by atomic mass is 16.2. The molecule has 19 heavy (non-hydrogen) atoms. The molecule has 0 aromatic heterocycles. The van der Waals surface area contributed by atoms with Crippen molar-refractivity contribution < 1.29 is 9.90 Å². The fourth-order valence-electron chi connectivity index (χ4n) is 2.10. The summed E-state index contributed by atoms with van der Waals surface area (Å²) in [5, 5.41) is 11.7. The molecule has 0 aliphatic carbocycles. The largest absolute Gasteiger partial charge is 0.396 e. The maximum Gasteiger partial charge on any atom is 0.220 e. The molecule has 0 heterocycles. The highest BCUT2D eigenvalue weighted by Crippen LogP contribution is 2.10. The van der Waals surface area contributed by atoms with E-state index in [0.717, 1.165) is 32.1 Å². The van der Waals surface area contributed by atoms with Crippen LogP contribution in [0.15, 0.2) is 0 Å². The second kappa shape index (κ2) is 12.5. The van der Waals surface area contributed by atoms with E-state index in [2.05, 4.69) is 26.1 Å². The van der Waals surface area contributed by atoms with Crippen LogP contribution in [0.25, 0.3) is 0 Å². The molecule has 0 fully saturated rings. The lowest BCUT2D eigenvalue weighted by molar-refractivity contribution is -0.122. The van der Waals surface area contributed by atoms with Gasteiger partial charge in [-0.2, -0.15) is 0 Å². The predicted octanol–water partition coefficient (Wildman–Crippen LogP) is 3.65. The van der Waals surface area contributed by atoms with Crippen LogP contribution in [0.4, 0.5) is 0 Å². The minimum Gasteiger partial charge on any atom is -0.396 e. The van der Waals surface area contributed by atoms with Crippen molar-refractivity contribution in [2.24, 2.45) is 5.92 Å². The number of carbonyl (C=O) groups excluding carboxylic acids is 1. The van der Waals surface area contributed by atoms with Crippen molar-refractivity contribution in [3.05, 3.63) is 0 Å². The van der Waals surface area contributed by atoms with Gasteiger partial charge in [-0.25, -0.2) is 0 Å².